The maximum absolute atomic E-state index is 13.2. The predicted molar refractivity (Wildman–Crippen MR) is 83.5 cm³/mol. The van der Waals surface area contributed by atoms with E-state index in [2.05, 4.69) is 5.32 Å². The molecule has 2 rings (SSSR count). The normalized spacial score (nSPS) is 12.4. The maximum atomic E-state index is 13.2. The number of thiophene rings is 1. The summed E-state index contributed by atoms with van der Waals surface area (Å²) in [5.74, 6) is -0.280. The largest absolute Gasteiger partial charge is 0.350 e. The highest BCUT2D eigenvalue weighted by molar-refractivity contribution is 7.09. The molecule has 0 spiro atoms. The van der Waals surface area contributed by atoms with Crippen molar-refractivity contribution in [2.24, 2.45) is 0 Å². The molecule has 0 bridgehead atoms. The van der Waals surface area contributed by atoms with Gasteiger partial charge in [-0.2, -0.15) is 0 Å². The summed E-state index contributed by atoms with van der Waals surface area (Å²) in [6.45, 7) is 2.93. The van der Waals surface area contributed by atoms with Crippen molar-refractivity contribution in [1.29, 1.82) is 0 Å². The second kappa shape index (κ2) is 7.33. The molecule has 112 valence electrons. The van der Waals surface area contributed by atoms with Crippen molar-refractivity contribution >= 4 is 17.2 Å². The van der Waals surface area contributed by atoms with Crippen LogP contribution in [0.4, 0.5) is 4.39 Å². The van der Waals surface area contributed by atoms with E-state index in [1.165, 1.54) is 12.1 Å². The van der Waals surface area contributed by atoms with Crippen molar-refractivity contribution in [3.8, 4) is 0 Å². The Kier molecular flexibility index (Phi) is 5.47. The zero-order valence-electron chi connectivity index (χ0n) is 12.2. The van der Waals surface area contributed by atoms with Crippen LogP contribution in [0.2, 0.25) is 0 Å². The van der Waals surface area contributed by atoms with E-state index in [1.807, 2.05) is 42.5 Å². The maximum Gasteiger partial charge on any atom is 0.237 e. The molecule has 0 unspecified atom stereocenters. The van der Waals surface area contributed by atoms with Crippen molar-refractivity contribution in [3.63, 3.8) is 0 Å². The summed E-state index contributed by atoms with van der Waals surface area (Å²) in [6.07, 6.45) is 0. The number of nitrogens with one attached hydrogen (secondary N) is 1. The Bertz CT molecular complexity index is 586. The van der Waals surface area contributed by atoms with Crippen molar-refractivity contribution < 1.29 is 9.18 Å². The van der Waals surface area contributed by atoms with Gasteiger partial charge in [0, 0.05) is 11.4 Å². The Hall–Kier alpha value is -1.72. The third-order valence-corrected chi connectivity index (χ3v) is 4.25. The third kappa shape index (κ3) is 4.65. The number of benzene rings is 1. The number of hydrogen-bond acceptors (Lipinski definition) is 3. The molecule has 0 aliphatic carbocycles. The van der Waals surface area contributed by atoms with Gasteiger partial charge in [-0.1, -0.05) is 18.2 Å². The Balaban J connectivity index is 1.86. The van der Waals surface area contributed by atoms with Gasteiger partial charge in [0.15, 0.2) is 0 Å². The molecule has 0 aliphatic rings. The molecule has 1 amide bonds. The highest BCUT2D eigenvalue weighted by atomic mass is 32.1. The zero-order valence-corrected chi connectivity index (χ0v) is 13.0. The minimum atomic E-state index is -0.270. The van der Waals surface area contributed by atoms with E-state index in [-0.39, 0.29) is 17.8 Å². The van der Waals surface area contributed by atoms with Gasteiger partial charge >= 0.3 is 0 Å². The van der Waals surface area contributed by atoms with Gasteiger partial charge in [-0.15, -0.1) is 11.3 Å². The minimum Gasteiger partial charge on any atom is -0.350 e. The second-order valence-electron chi connectivity index (χ2n) is 5.02. The standard InChI is InChI=1S/C16H19FN2OS/c1-12(16(20)18-10-15-7-4-8-21-15)19(2)11-13-5-3-6-14(17)9-13/h3-9,12H,10-11H2,1-2H3,(H,18,20)/t12-/m1/s1. The van der Waals surface area contributed by atoms with E-state index < -0.39 is 0 Å². The molecule has 2 aromatic rings. The number of halogens is 1. The first kappa shape index (κ1) is 15.7. The van der Waals surface area contributed by atoms with E-state index >= 15 is 0 Å². The molecule has 0 radical (unpaired) electrons. The van der Waals surface area contributed by atoms with Crippen LogP contribution in [0.15, 0.2) is 41.8 Å². The summed E-state index contributed by atoms with van der Waals surface area (Å²) in [5, 5.41) is 4.91. The van der Waals surface area contributed by atoms with Crippen LogP contribution in [0.25, 0.3) is 0 Å². The van der Waals surface area contributed by atoms with Crippen molar-refractivity contribution in [1.82, 2.24) is 10.2 Å². The molecule has 1 atom stereocenters. The lowest BCUT2D eigenvalue weighted by atomic mass is 10.2. The van der Waals surface area contributed by atoms with Crippen LogP contribution >= 0.6 is 11.3 Å². The van der Waals surface area contributed by atoms with Gasteiger partial charge in [0.1, 0.15) is 5.82 Å². The van der Waals surface area contributed by atoms with Gasteiger partial charge in [0.05, 0.1) is 12.6 Å². The smallest absolute Gasteiger partial charge is 0.237 e. The first-order valence-corrected chi connectivity index (χ1v) is 7.69. The van der Waals surface area contributed by atoms with Crippen LogP contribution in [-0.2, 0) is 17.9 Å². The highest BCUT2D eigenvalue weighted by Gasteiger charge is 2.18. The number of rotatable bonds is 6. The van der Waals surface area contributed by atoms with Crippen LogP contribution in [0.5, 0.6) is 0 Å². The number of likely N-dealkylation sites (N-methyl/N-ethyl adjacent to an activating group) is 1. The van der Waals surface area contributed by atoms with E-state index in [1.54, 1.807) is 17.4 Å². The van der Waals surface area contributed by atoms with Crippen molar-refractivity contribution in [2.75, 3.05) is 7.05 Å². The zero-order chi connectivity index (χ0) is 15.2. The van der Waals surface area contributed by atoms with Gasteiger partial charge in [-0.3, -0.25) is 9.69 Å². The van der Waals surface area contributed by atoms with E-state index in [9.17, 15) is 9.18 Å². The summed E-state index contributed by atoms with van der Waals surface area (Å²) in [7, 11) is 1.86. The van der Waals surface area contributed by atoms with Gasteiger partial charge in [0.25, 0.3) is 0 Å². The topological polar surface area (TPSA) is 32.3 Å². The Labute approximate surface area is 128 Å². The molecule has 0 aliphatic heterocycles. The van der Waals surface area contributed by atoms with Crippen LogP contribution < -0.4 is 5.32 Å². The van der Waals surface area contributed by atoms with Crippen molar-refractivity contribution in [3.05, 3.63) is 58.0 Å². The quantitative estimate of drug-likeness (QED) is 0.890. The molecule has 0 fully saturated rings. The van der Waals surface area contributed by atoms with Crippen molar-refractivity contribution in [2.45, 2.75) is 26.1 Å². The molecule has 3 nitrogen and oxygen atoms in total. The molecule has 1 heterocycles. The van der Waals surface area contributed by atoms with Gasteiger partial charge in [-0.05, 0) is 43.1 Å². The van der Waals surface area contributed by atoms with Gasteiger partial charge in [-0.25, -0.2) is 4.39 Å². The summed E-state index contributed by atoms with van der Waals surface area (Å²) in [6, 6.07) is 10.1. The molecular weight excluding hydrogens is 287 g/mol. The van der Waals surface area contributed by atoms with E-state index in [0.717, 1.165) is 10.4 Å². The van der Waals surface area contributed by atoms with E-state index in [4.69, 9.17) is 0 Å². The lowest BCUT2D eigenvalue weighted by molar-refractivity contribution is -0.125. The fourth-order valence-corrected chi connectivity index (χ4v) is 2.64. The average molecular weight is 306 g/mol. The molecule has 21 heavy (non-hydrogen) atoms. The second-order valence-corrected chi connectivity index (χ2v) is 6.05. The third-order valence-electron chi connectivity index (χ3n) is 3.38. The Morgan fingerprint density at radius 2 is 2.19 bits per heavy atom. The van der Waals surface area contributed by atoms with Gasteiger partial charge < -0.3 is 5.32 Å². The monoisotopic (exact) mass is 306 g/mol. The molecule has 5 heteroatoms. The molecule has 1 aromatic carbocycles. The molecular formula is C16H19FN2OS. The fourth-order valence-electron chi connectivity index (χ4n) is 2.00. The number of carbonyl (C=O) groups is 1. The minimum absolute atomic E-state index is 0.0256. The van der Waals surface area contributed by atoms with Crippen LogP contribution in [0.3, 0.4) is 0 Å². The highest BCUT2D eigenvalue weighted by Crippen LogP contribution is 2.10. The van der Waals surface area contributed by atoms with Gasteiger partial charge in [0.2, 0.25) is 5.91 Å². The first-order chi connectivity index (χ1) is 10.1. The first-order valence-electron chi connectivity index (χ1n) is 6.81. The Morgan fingerprint density at radius 3 is 2.86 bits per heavy atom. The summed E-state index contributed by atoms with van der Waals surface area (Å²) in [4.78, 5) is 15.1. The van der Waals surface area contributed by atoms with Crippen LogP contribution in [-0.4, -0.2) is 23.9 Å². The predicted octanol–water partition coefficient (Wildman–Crippen LogP) is 3.02. The van der Waals surface area contributed by atoms with E-state index in [0.29, 0.717) is 13.1 Å². The fraction of sp³-hybridized carbons (Fsp3) is 0.312. The number of nitrogens with zero attached hydrogens (tertiary/aromatic N) is 1. The number of carbonyl (C=O) groups excluding carboxylic acids is 1. The number of hydrogen-bond donors (Lipinski definition) is 1. The summed E-state index contributed by atoms with van der Waals surface area (Å²) < 4.78 is 13.2. The lowest BCUT2D eigenvalue weighted by Crippen LogP contribution is -2.42. The molecule has 0 saturated carbocycles. The molecule has 1 N–H and O–H groups in total. The Morgan fingerprint density at radius 1 is 1.38 bits per heavy atom. The van der Waals surface area contributed by atoms with Crippen LogP contribution in [0, 0.1) is 5.82 Å². The molecule has 0 saturated heterocycles. The lowest BCUT2D eigenvalue weighted by Gasteiger charge is -2.23. The SMILES string of the molecule is C[C@H](C(=O)NCc1cccs1)N(C)Cc1cccc(F)c1. The average Bonchev–Trinajstić information content (AvgIpc) is 2.97. The number of amides is 1. The summed E-state index contributed by atoms with van der Waals surface area (Å²) in [5.41, 5.74) is 0.857. The van der Waals surface area contributed by atoms with Crippen LogP contribution in [0.1, 0.15) is 17.4 Å². The summed E-state index contributed by atoms with van der Waals surface area (Å²) >= 11 is 1.62. The molecule has 1 aromatic heterocycles.